The zero-order valence-corrected chi connectivity index (χ0v) is 18.5. The maximum absolute atomic E-state index is 12.5. The maximum atomic E-state index is 12.5. The highest BCUT2D eigenvalue weighted by atomic mass is 35.5. The quantitative estimate of drug-likeness (QED) is 0.368. The lowest BCUT2D eigenvalue weighted by molar-refractivity contribution is -0.119. The van der Waals surface area contributed by atoms with E-state index in [1.165, 1.54) is 11.8 Å². The first-order chi connectivity index (χ1) is 14.6. The summed E-state index contributed by atoms with van der Waals surface area (Å²) in [5.41, 5.74) is 1.83. The molecule has 4 aromatic rings. The number of thiophene rings is 1. The molecular weight excluding hydrogens is 436 g/mol. The van der Waals surface area contributed by atoms with Gasteiger partial charge in [0.25, 0.3) is 0 Å². The van der Waals surface area contributed by atoms with Crippen molar-refractivity contribution >= 4 is 40.6 Å². The van der Waals surface area contributed by atoms with Gasteiger partial charge in [-0.3, -0.25) is 9.36 Å². The smallest absolute Gasteiger partial charge is 0.230 e. The normalized spacial score (nSPS) is 11.9. The summed E-state index contributed by atoms with van der Waals surface area (Å²) in [6, 6.07) is 21.3. The van der Waals surface area contributed by atoms with E-state index in [0.29, 0.717) is 16.0 Å². The van der Waals surface area contributed by atoms with Crippen LogP contribution in [0.1, 0.15) is 17.8 Å². The molecule has 1 N–H and O–H groups in total. The van der Waals surface area contributed by atoms with Crippen molar-refractivity contribution in [3.63, 3.8) is 0 Å². The van der Waals surface area contributed by atoms with E-state index in [1.807, 2.05) is 83.6 Å². The fourth-order valence-corrected chi connectivity index (χ4v) is 4.60. The number of para-hydroxylation sites is 1. The number of amides is 1. The van der Waals surface area contributed by atoms with E-state index >= 15 is 0 Å². The van der Waals surface area contributed by atoms with Crippen molar-refractivity contribution in [3.8, 4) is 17.1 Å². The number of thioether (sulfide) groups is 1. The molecule has 1 amide bonds. The number of aromatic nitrogens is 3. The molecule has 1 atom stereocenters. The number of hydrogen-bond acceptors (Lipinski definition) is 5. The van der Waals surface area contributed by atoms with Crippen LogP contribution in [0.25, 0.3) is 17.1 Å². The van der Waals surface area contributed by atoms with E-state index in [2.05, 4.69) is 15.5 Å². The molecule has 0 aliphatic rings. The van der Waals surface area contributed by atoms with E-state index in [0.717, 1.165) is 16.1 Å². The van der Waals surface area contributed by atoms with Crippen LogP contribution in [0.3, 0.4) is 0 Å². The lowest BCUT2D eigenvalue weighted by atomic mass is 10.2. The fourth-order valence-electron chi connectivity index (χ4n) is 2.98. The van der Waals surface area contributed by atoms with Crippen LogP contribution >= 0.6 is 34.7 Å². The maximum Gasteiger partial charge on any atom is 0.230 e. The molecule has 2 aromatic heterocycles. The lowest BCUT2D eigenvalue weighted by Gasteiger charge is -2.13. The molecule has 0 spiro atoms. The minimum atomic E-state index is -0.0449. The molecule has 0 saturated heterocycles. The minimum absolute atomic E-state index is 0.0188. The molecule has 5 nitrogen and oxygen atoms in total. The van der Waals surface area contributed by atoms with Crippen LogP contribution in [0.15, 0.2) is 77.3 Å². The van der Waals surface area contributed by atoms with E-state index < -0.39 is 0 Å². The van der Waals surface area contributed by atoms with Crippen LogP contribution in [-0.4, -0.2) is 26.4 Å². The zero-order valence-electron chi connectivity index (χ0n) is 16.2. The summed E-state index contributed by atoms with van der Waals surface area (Å²) in [5, 5.41) is 15.1. The number of nitrogens with one attached hydrogen (secondary N) is 1. The first-order valence-electron chi connectivity index (χ1n) is 9.34. The van der Waals surface area contributed by atoms with Crippen LogP contribution < -0.4 is 5.32 Å². The van der Waals surface area contributed by atoms with Crippen LogP contribution in [0.5, 0.6) is 0 Å². The highest BCUT2D eigenvalue weighted by molar-refractivity contribution is 7.99. The number of rotatable bonds is 7. The summed E-state index contributed by atoms with van der Waals surface area (Å²) in [5.74, 6) is 0.908. The second-order valence-corrected chi connectivity index (χ2v) is 8.94. The fraction of sp³-hybridized carbons (Fsp3) is 0.136. The average Bonchev–Trinajstić information content (AvgIpc) is 3.44. The van der Waals surface area contributed by atoms with Gasteiger partial charge in [0.1, 0.15) is 0 Å². The number of benzene rings is 2. The number of carbonyl (C=O) groups excluding carboxylic acids is 1. The number of hydrogen-bond donors (Lipinski definition) is 1. The minimum Gasteiger partial charge on any atom is -0.348 e. The van der Waals surface area contributed by atoms with Gasteiger partial charge in [-0.2, -0.15) is 0 Å². The third-order valence-corrected chi connectivity index (χ3v) is 6.67. The molecule has 0 radical (unpaired) electrons. The summed E-state index contributed by atoms with van der Waals surface area (Å²) in [7, 11) is 0. The van der Waals surface area contributed by atoms with E-state index in [-0.39, 0.29) is 17.7 Å². The van der Waals surface area contributed by atoms with Gasteiger partial charge < -0.3 is 5.32 Å². The summed E-state index contributed by atoms with van der Waals surface area (Å²) in [6.07, 6.45) is 0. The predicted molar refractivity (Wildman–Crippen MR) is 123 cm³/mol. The average molecular weight is 455 g/mol. The molecule has 0 fully saturated rings. The van der Waals surface area contributed by atoms with Crippen molar-refractivity contribution in [2.24, 2.45) is 0 Å². The second kappa shape index (κ2) is 9.47. The van der Waals surface area contributed by atoms with Crippen molar-refractivity contribution in [3.05, 3.63) is 82.0 Å². The Balaban J connectivity index is 1.56. The monoisotopic (exact) mass is 454 g/mol. The van der Waals surface area contributed by atoms with Crippen LogP contribution in [0.2, 0.25) is 5.02 Å². The van der Waals surface area contributed by atoms with Crippen molar-refractivity contribution in [2.45, 2.75) is 18.1 Å². The van der Waals surface area contributed by atoms with E-state index in [1.54, 1.807) is 11.3 Å². The molecule has 0 bridgehead atoms. The Morgan fingerprint density at radius 1 is 1.10 bits per heavy atom. The topological polar surface area (TPSA) is 59.8 Å². The molecule has 1 unspecified atom stereocenters. The molecule has 0 aliphatic carbocycles. The standard InChI is InChI=1S/C22H19ClN4OS2/c1-15(19-8-5-13-29-19)24-20(28)14-30-22-26-25-21(16-9-11-17(23)12-10-16)27(22)18-6-3-2-4-7-18/h2-13,15H,14H2,1H3,(H,24,28). The molecule has 4 rings (SSSR count). The van der Waals surface area contributed by atoms with Crippen LogP contribution in [0.4, 0.5) is 0 Å². The van der Waals surface area contributed by atoms with Crippen molar-refractivity contribution < 1.29 is 4.79 Å². The molecule has 0 saturated carbocycles. The van der Waals surface area contributed by atoms with Gasteiger partial charge >= 0.3 is 0 Å². The molecule has 152 valence electrons. The van der Waals surface area contributed by atoms with Crippen molar-refractivity contribution in [1.82, 2.24) is 20.1 Å². The van der Waals surface area contributed by atoms with Gasteiger partial charge in [-0.25, -0.2) is 0 Å². The van der Waals surface area contributed by atoms with Crippen molar-refractivity contribution in [1.29, 1.82) is 0 Å². The van der Waals surface area contributed by atoms with Crippen LogP contribution in [0, 0.1) is 0 Å². The Morgan fingerprint density at radius 2 is 1.87 bits per heavy atom. The Morgan fingerprint density at radius 3 is 2.57 bits per heavy atom. The van der Waals surface area contributed by atoms with Gasteiger partial charge in [-0.15, -0.1) is 21.5 Å². The zero-order chi connectivity index (χ0) is 20.9. The molecular formula is C22H19ClN4OS2. The highest BCUT2D eigenvalue weighted by Gasteiger charge is 2.18. The summed E-state index contributed by atoms with van der Waals surface area (Å²) in [4.78, 5) is 13.6. The third-order valence-electron chi connectivity index (χ3n) is 4.43. The third kappa shape index (κ3) is 4.75. The molecule has 30 heavy (non-hydrogen) atoms. The van der Waals surface area contributed by atoms with E-state index in [9.17, 15) is 4.79 Å². The number of carbonyl (C=O) groups is 1. The predicted octanol–water partition coefficient (Wildman–Crippen LogP) is 5.62. The largest absolute Gasteiger partial charge is 0.348 e. The summed E-state index contributed by atoms with van der Waals surface area (Å²) < 4.78 is 1.96. The molecule has 2 heterocycles. The molecule has 2 aromatic carbocycles. The van der Waals surface area contributed by atoms with E-state index in [4.69, 9.17) is 11.6 Å². The first-order valence-corrected chi connectivity index (χ1v) is 11.6. The van der Waals surface area contributed by atoms with Gasteiger partial charge in [-0.05, 0) is 54.8 Å². The van der Waals surface area contributed by atoms with Gasteiger partial charge in [0.2, 0.25) is 5.91 Å². The Bertz CT molecular complexity index is 1110. The summed E-state index contributed by atoms with van der Waals surface area (Å²) >= 11 is 9.03. The molecule has 0 aliphatic heterocycles. The summed E-state index contributed by atoms with van der Waals surface area (Å²) in [6.45, 7) is 1.99. The lowest BCUT2D eigenvalue weighted by Crippen LogP contribution is -2.27. The van der Waals surface area contributed by atoms with Gasteiger partial charge in [-0.1, -0.05) is 47.6 Å². The Hall–Kier alpha value is -2.61. The number of halogens is 1. The Kier molecular flexibility index (Phi) is 6.52. The van der Waals surface area contributed by atoms with Crippen molar-refractivity contribution in [2.75, 3.05) is 5.75 Å². The van der Waals surface area contributed by atoms with Gasteiger partial charge in [0.05, 0.1) is 11.8 Å². The molecule has 8 heteroatoms. The number of nitrogens with zero attached hydrogens (tertiary/aromatic N) is 3. The van der Waals surface area contributed by atoms with Gasteiger partial charge in [0, 0.05) is 21.2 Å². The highest BCUT2D eigenvalue weighted by Crippen LogP contribution is 2.28. The van der Waals surface area contributed by atoms with Gasteiger partial charge in [0.15, 0.2) is 11.0 Å². The SMILES string of the molecule is CC(NC(=O)CSc1nnc(-c2ccc(Cl)cc2)n1-c1ccccc1)c1cccs1. The second-order valence-electron chi connectivity index (χ2n) is 6.58. The first kappa shape index (κ1) is 20.7. The van der Waals surface area contributed by atoms with Crippen LogP contribution in [-0.2, 0) is 4.79 Å². The Labute approximate surface area is 188 Å².